The summed E-state index contributed by atoms with van der Waals surface area (Å²) in [5, 5.41) is 11.5. The van der Waals surface area contributed by atoms with Crippen LogP contribution >= 0.6 is 0 Å². The van der Waals surface area contributed by atoms with Crippen molar-refractivity contribution in [2.45, 2.75) is 0 Å². The SMILES string of the molecule is CN1CCN(C(=O)c2c[nH]c3ccc([N+](=O)[O-])cc23)CC1. The number of non-ortho nitro benzene ring substituents is 1. The summed E-state index contributed by atoms with van der Waals surface area (Å²) < 4.78 is 0. The third-order valence-electron chi connectivity index (χ3n) is 3.90. The first-order valence-corrected chi connectivity index (χ1v) is 6.79. The normalized spacial score (nSPS) is 16.3. The van der Waals surface area contributed by atoms with Gasteiger partial charge in [-0.3, -0.25) is 14.9 Å². The number of nitrogens with zero attached hydrogens (tertiary/aromatic N) is 3. The molecule has 1 saturated heterocycles. The maximum absolute atomic E-state index is 12.6. The average molecular weight is 288 g/mol. The van der Waals surface area contributed by atoms with Crippen molar-refractivity contribution in [1.82, 2.24) is 14.8 Å². The van der Waals surface area contributed by atoms with Crippen LogP contribution in [0.2, 0.25) is 0 Å². The molecule has 1 amide bonds. The molecule has 0 atom stereocenters. The molecule has 0 unspecified atom stereocenters. The minimum absolute atomic E-state index is 0.00507. The van der Waals surface area contributed by atoms with Crippen LogP contribution in [0.4, 0.5) is 5.69 Å². The van der Waals surface area contributed by atoms with Gasteiger partial charge in [-0.25, -0.2) is 0 Å². The van der Waals surface area contributed by atoms with E-state index in [2.05, 4.69) is 9.88 Å². The Morgan fingerprint density at radius 1 is 1.29 bits per heavy atom. The van der Waals surface area contributed by atoms with Gasteiger partial charge in [-0.15, -0.1) is 0 Å². The molecule has 1 aromatic heterocycles. The van der Waals surface area contributed by atoms with Crippen molar-refractivity contribution >= 4 is 22.5 Å². The summed E-state index contributed by atoms with van der Waals surface area (Å²) in [7, 11) is 2.02. The summed E-state index contributed by atoms with van der Waals surface area (Å²) in [6, 6.07) is 4.52. The molecule has 0 spiro atoms. The molecular weight excluding hydrogens is 272 g/mol. The van der Waals surface area contributed by atoms with Gasteiger partial charge < -0.3 is 14.8 Å². The van der Waals surface area contributed by atoms with E-state index in [0.29, 0.717) is 24.0 Å². The first-order valence-electron chi connectivity index (χ1n) is 6.79. The average Bonchev–Trinajstić information content (AvgIpc) is 2.90. The quantitative estimate of drug-likeness (QED) is 0.670. The van der Waals surface area contributed by atoms with Crippen LogP contribution in [-0.2, 0) is 0 Å². The highest BCUT2D eigenvalue weighted by molar-refractivity contribution is 6.07. The number of hydrogen-bond acceptors (Lipinski definition) is 4. The van der Waals surface area contributed by atoms with Gasteiger partial charge in [0.15, 0.2) is 0 Å². The molecule has 21 heavy (non-hydrogen) atoms. The van der Waals surface area contributed by atoms with Crippen molar-refractivity contribution in [3.05, 3.63) is 40.1 Å². The Bertz CT molecular complexity index is 701. The fourth-order valence-corrected chi connectivity index (χ4v) is 2.58. The Morgan fingerprint density at radius 2 is 2.00 bits per heavy atom. The molecule has 1 N–H and O–H groups in total. The van der Waals surface area contributed by atoms with Gasteiger partial charge in [0.05, 0.1) is 10.5 Å². The van der Waals surface area contributed by atoms with Gasteiger partial charge >= 0.3 is 0 Å². The van der Waals surface area contributed by atoms with Crippen molar-refractivity contribution in [2.24, 2.45) is 0 Å². The first-order chi connectivity index (χ1) is 10.1. The Kier molecular flexibility index (Phi) is 3.34. The number of H-pyrrole nitrogens is 1. The summed E-state index contributed by atoms with van der Waals surface area (Å²) in [5.74, 6) is -0.0742. The third-order valence-corrected chi connectivity index (χ3v) is 3.90. The first kappa shape index (κ1) is 13.6. The van der Waals surface area contributed by atoms with E-state index in [0.717, 1.165) is 18.6 Å². The number of aromatic nitrogens is 1. The second kappa shape index (κ2) is 5.17. The van der Waals surface area contributed by atoms with Gasteiger partial charge in [0.25, 0.3) is 11.6 Å². The van der Waals surface area contributed by atoms with E-state index < -0.39 is 4.92 Å². The maximum atomic E-state index is 12.6. The predicted octanol–water partition coefficient (Wildman–Crippen LogP) is 1.46. The number of likely N-dealkylation sites (N-methyl/N-ethyl adjacent to an activating group) is 1. The second-order valence-electron chi connectivity index (χ2n) is 5.28. The Labute approximate surface area is 121 Å². The molecular formula is C14H16N4O3. The summed E-state index contributed by atoms with van der Waals surface area (Å²) in [6.45, 7) is 3.04. The van der Waals surface area contributed by atoms with Gasteiger partial charge in [0.1, 0.15) is 0 Å². The Morgan fingerprint density at radius 3 is 2.67 bits per heavy atom. The van der Waals surface area contributed by atoms with Gasteiger partial charge in [0.2, 0.25) is 0 Å². The van der Waals surface area contributed by atoms with E-state index in [4.69, 9.17) is 0 Å². The lowest BCUT2D eigenvalue weighted by molar-refractivity contribution is -0.384. The fourth-order valence-electron chi connectivity index (χ4n) is 2.58. The van der Waals surface area contributed by atoms with E-state index in [1.807, 2.05) is 7.05 Å². The minimum atomic E-state index is -0.448. The van der Waals surface area contributed by atoms with Gasteiger partial charge in [-0.1, -0.05) is 0 Å². The molecule has 1 aliphatic heterocycles. The van der Waals surface area contributed by atoms with Crippen molar-refractivity contribution in [1.29, 1.82) is 0 Å². The molecule has 2 aromatic rings. The zero-order chi connectivity index (χ0) is 15.0. The number of nitrogens with one attached hydrogen (secondary N) is 1. The topological polar surface area (TPSA) is 82.5 Å². The number of benzene rings is 1. The number of hydrogen-bond donors (Lipinski definition) is 1. The van der Waals surface area contributed by atoms with Crippen LogP contribution in [-0.4, -0.2) is 58.8 Å². The Balaban J connectivity index is 1.94. The van der Waals surface area contributed by atoms with Crippen LogP contribution in [0.5, 0.6) is 0 Å². The molecule has 0 radical (unpaired) electrons. The second-order valence-corrected chi connectivity index (χ2v) is 5.28. The summed E-state index contributed by atoms with van der Waals surface area (Å²) >= 11 is 0. The third kappa shape index (κ3) is 2.47. The lowest BCUT2D eigenvalue weighted by atomic mass is 10.1. The molecule has 0 aliphatic carbocycles. The zero-order valence-electron chi connectivity index (χ0n) is 11.7. The molecule has 1 aliphatic rings. The minimum Gasteiger partial charge on any atom is -0.360 e. The van der Waals surface area contributed by atoms with E-state index in [-0.39, 0.29) is 11.6 Å². The van der Waals surface area contributed by atoms with Crippen LogP contribution in [0, 0.1) is 10.1 Å². The fraction of sp³-hybridized carbons (Fsp3) is 0.357. The van der Waals surface area contributed by atoms with Gasteiger partial charge in [-0.2, -0.15) is 0 Å². The number of carbonyl (C=O) groups excluding carboxylic acids is 1. The van der Waals surface area contributed by atoms with E-state index in [9.17, 15) is 14.9 Å². The molecule has 1 fully saturated rings. The van der Waals surface area contributed by atoms with Crippen LogP contribution in [0.15, 0.2) is 24.4 Å². The molecule has 0 saturated carbocycles. The van der Waals surface area contributed by atoms with Crippen LogP contribution in [0.1, 0.15) is 10.4 Å². The highest BCUT2D eigenvalue weighted by Crippen LogP contribution is 2.24. The summed E-state index contributed by atoms with van der Waals surface area (Å²) in [5.41, 5.74) is 1.23. The van der Waals surface area contributed by atoms with Crippen molar-refractivity contribution in [2.75, 3.05) is 33.2 Å². The number of piperazine rings is 1. The molecule has 0 bridgehead atoms. The van der Waals surface area contributed by atoms with Crippen molar-refractivity contribution in [3.8, 4) is 0 Å². The van der Waals surface area contributed by atoms with Crippen LogP contribution in [0.3, 0.4) is 0 Å². The van der Waals surface area contributed by atoms with Crippen LogP contribution in [0.25, 0.3) is 10.9 Å². The predicted molar refractivity (Wildman–Crippen MR) is 78.4 cm³/mol. The van der Waals surface area contributed by atoms with E-state index >= 15 is 0 Å². The summed E-state index contributed by atoms with van der Waals surface area (Å²) in [6.07, 6.45) is 1.63. The number of carbonyl (C=O) groups is 1. The number of rotatable bonds is 2. The standard InChI is InChI=1S/C14H16N4O3/c1-16-4-6-17(7-5-16)14(19)12-9-15-13-3-2-10(18(20)21)8-11(12)13/h2-3,8-9,15H,4-7H2,1H3. The summed E-state index contributed by atoms with van der Waals surface area (Å²) in [4.78, 5) is 30.0. The van der Waals surface area contributed by atoms with Crippen molar-refractivity contribution in [3.63, 3.8) is 0 Å². The van der Waals surface area contributed by atoms with Crippen molar-refractivity contribution < 1.29 is 9.72 Å². The number of nitro groups is 1. The highest BCUT2D eigenvalue weighted by Gasteiger charge is 2.23. The molecule has 2 heterocycles. The molecule has 1 aromatic carbocycles. The lowest BCUT2D eigenvalue weighted by Crippen LogP contribution is -2.47. The van der Waals surface area contributed by atoms with Crippen LogP contribution < -0.4 is 0 Å². The van der Waals surface area contributed by atoms with E-state index in [1.165, 1.54) is 12.1 Å². The molecule has 110 valence electrons. The van der Waals surface area contributed by atoms with Gasteiger partial charge in [0, 0.05) is 55.4 Å². The molecule has 3 rings (SSSR count). The molecule has 7 heteroatoms. The molecule has 7 nitrogen and oxygen atoms in total. The number of nitro benzene ring substituents is 1. The largest absolute Gasteiger partial charge is 0.360 e. The number of fused-ring (bicyclic) bond motifs is 1. The zero-order valence-corrected chi connectivity index (χ0v) is 11.7. The maximum Gasteiger partial charge on any atom is 0.270 e. The lowest BCUT2D eigenvalue weighted by Gasteiger charge is -2.32. The smallest absolute Gasteiger partial charge is 0.270 e. The highest BCUT2D eigenvalue weighted by atomic mass is 16.6. The number of amides is 1. The monoisotopic (exact) mass is 288 g/mol. The van der Waals surface area contributed by atoms with Gasteiger partial charge in [-0.05, 0) is 13.1 Å². The number of aromatic amines is 1. The Hall–Kier alpha value is -2.41. The van der Waals surface area contributed by atoms with E-state index in [1.54, 1.807) is 17.2 Å².